The third kappa shape index (κ3) is 2.23. The molecule has 0 unspecified atom stereocenters. The maximum absolute atomic E-state index is 5.59. The van der Waals surface area contributed by atoms with Gasteiger partial charge in [0, 0.05) is 17.2 Å². The van der Waals surface area contributed by atoms with Crippen molar-refractivity contribution in [2.75, 3.05) is 6.54 Å². The highest BCUT2D eigenvalue weighted by atomic mass is 32.1. The van der Waals surface area contributed by atoms with E-state index in [9.17, 15) is 0 Å². The second-order valence-electron chi connectivity index (χ2n) is 4.68. The molecular weight excluding hydrogens is 204 g/mol. The SMILES string of the molecule is CC(C)c1sc(CCN)nc1C1CCC1. The topological polar surface area (TPSA) is 38.9 Å². The fourth-order valence-electron chi connectivity index (χ4n) is 2.01. The molecule has 0 saturated heterocycles. The second kappa shape index (κ2) is 4.62. The molecule has 1 aromatic heterocycles. The van der Waals surface area contributed by atoms with Gasteiger partial charge in [-0.15, -0.1) is 11.3 Å². The van der Waals surface area contributed by atoms with E-state index in [1.165, 1.54) is 34.8 Å². The fourth-order valence-corrected chi connectivity index (χ4v) is 3.18. The van der Waals surface area contributed by atoms with Gasteiger partial charge in [-0.2, -0.15) is 0 Å². The molecule has 1 aliphatic rings. The summed E-state index contributed by atoms with van der Waals surface area (Å²) < 4.78 is 0. The standard InChI is InChI=1S/C12H20N2S/c1-8(2)12-11(9-4-3-5-9)14-10(15-12)6-7-13/h8-9H,3-7,13H2,1-2H3. The van der Waals surface area contributed by atoms with Crippen molar-refractivity contribution in [3.63, 3.8) is 0 Å². The molecule has 2 N–H and O–H groups in total. The summed E-state index contributed by atoms with van der Waals surface area (Å²) in [6.07, 6.45) is 5.00. The smallest absolute Gasteiger partial charge is 0.0943 e. The Bertz CT molecular complexity index is 326. The fraction of sp³-hybridized carbons (Fsp3) is 0.750. The number of nitrogens with two attached hydrogens (primary N) is 1. The van der Waals surface area contributed by atoms with Gasteiger partial charge in [-0.1, -0.05) is 20.3 Å². The number of thiazole rings is 1. The van der Waals surface area contributed by atoms with Crippen LogP contribution in [0.15, 0.2) is 0 Å². The Morgan fingerprint density at radius 2 is 2.20 bits per heavy atom. The monoisotopic (exact) mass is 224 g/mol. The van der Waals surface area contributed by atoms with Crippen LogP contribution < -0.4 is 5.73 Å². The van der Waals surface area contributed by atoms with Gasteiger partial charge in [0.15, 0.2) is 0 Å². The van der Waals surface area contributed by atoms with E-state index >= 15 is 0 Å². The Balaban J connectivity index is 2.24. The van der Waals surface area contributed by atoms with E-state index in [0.717, 1.165) is 18.9 Å². The lowest BCUT2D eigenvalue weighted by atomic mass is 9.81. The third-order valence-corrected chi connectivity index (χ3v) is 4.53. The summed E-state index contributed by atoms with van der Waals surface area (Å²) in [4.78, 5) is 6.28. The quantitative estimate of drug-likeness (QED) is 0.853. The number of rotatable bonds is 4. The van der Waals surface area contributed by atoms with Gasteiger partial charge in [-0.25, -0.2) is 4.98 Å². The molecule has 15 heavy (non-hydrogen) atoms. The van der Waals surface area contributed by atoms with E-state index in [2.05, 4.69) is 13.8 Å². The summed E-state index contributed by atoms with van der Waals surface area (Å²) >= 11 is 1.88. The van der Waals surface area contributed by atoms with E-state index in [1.54, 1.807) is 0 Å². The van der Waals surface area contributed by atoms with Gasteiger partial charge in [-0.3, -0.25) is 0 Å². The zero-order valence-corrected chi connectivity index (χ0v) is 10.4. The Hall–Kier alpha value is -0.410. The molecule has 0 spiro atoms. The molecule has 0 atom stereocenters. The maximum atomic E-state index is 5.59. The maximum Gasteiger partial charge on any atom is 0.0943 e. The van der Waals surface area contributed by atoms with Crippen LogP contribution in [0.3, 0.4) is 0 Å². The Morgan fingerprint density at radius 1 is 1.47 bits per heavy atom. The normalized spacial score (nSPS) is 17.1. The predicted molar refractivity (Wildman–Crippen MR) is 65.6 cm³/mol. The van der Waals surface area contributed by atoms with E-state index in [1.807, 2.05) is 11.3 Å². The lowest BCUT2D eigenvalue weighted by molar-refractivity contribution is 0.409. The Morgan fingerprint density at radius 3 is 2.67 bits per heavy atom. The van der Waals surface area contributed by atoms with Crippen LogP contribution in [0.2, 0.25) is 0 Å². The average molecular weight is 224 g/mol. The van der Waals surface area contributed by atoms with Crippen LogP contribution in [0.1, 0.15) is 60.5 Å². The van der Waals surface area contributed by atoms with Crippen molar-refractivity contribution in [2.45, 2.75) is 51.4 Å². The van der Waals surface area contributed by atoms with Crippen LogP contribution in [0.4, 0.5) is 0 Å². The van der Waals surface area contributed by atoms with Crippen molar-refractivity contribution >= 4 is 11.3 Å². The van der Waals surface area contributed by atoms with E-state index in [0.29, 0.717) is 5.92 Å². The summed E-state index contributed by atoms with van der Waals surface area (Å²) in [5.74, 6) is 1.37. The molecule has 0 bridgehead atoms. The summed E-state index contributed by atoms with van der Waals surface area (Å²) in [5.41, 5.74) is 6.98. The van der Waals surface area contributed by atoms with Gasteiger partial charge < -0.3 is 5.73 Å². The third-order valence-electron chi connectivity index (χ3n) is 3.10. The Kier molecular flexibility index (Phi) is 3.42. The van der Waals surface area contributed by atoms with E-state index in [-0.39, 0.29) is 0 Å². The molecule has 0 aromatic carbocycles. The molecule has 84 valence electrons. The zero-order chi connectivity index (χ0) is 10.8. The summed E-state index contributed by atoms with van der Waals surface area (Å²) in [7, 11) is 0. The largest absolute Gasteiger partial charge is 0.330 e. The van der Waals surface area contributed by atoms with Gasteiger partial charge in [-0.05, 0) is 25.3 Å². The molecule has 1 aliphatic carbocycles. The molecule has 1 heterocycles. The highest BCUT2D eigenvalue weighted by Crippen LogP contribution is 2.41. The minimum atomic E-state index is 0.615. The van der Waals surface area contributed by atoms with Crippen molar-refractivity contribution < 1.29 is 0 Å². The van der Waals surface area contributed by atoms with Gasteiger partial charge in [0.05, 0.1) is 10.7 Å². The first kappa shape index (κ1) is 11.1. The average Bonchev–Trinajstić information content (AvgIpc) is 2.46. The number of hydrogen-bond acceptors (Lipinski definition) is 3. The lowest BCUT2D eigenvalue weighted by Gasteiger charge is -2.25. The summed E-state index contributed by atoms with van der Waals surface area (Å²) in [6, 6.07) is 0. The number of nitrogens with zero attached hydrogens (tertiary/aromatic N) is 1. The summed E-state index contributed by atoms with van der Waals surface area (Å²) in [6.45, 7) is 5.25. The van der Waals surface area contributed by atoms with Crippen molar-refractivity contribution in [1.82, 2.24) is 4.98 Å². The molecule has 0 aliphatic heterocycles. The highest BCUT2D eigenvalue weighted by Gasteiger charge is 2.26. The molecule has 0 radical (unpaired) electrons. The first-order chi connectivity index (χ1) is 7.22. The van der Waals surface area contributed by atoms with Crippen LogP contribution in [0.5, 0.6) is 0 Å². The van der Waals surface area contributed by atoms with Gasteiger partial charge >= 0.3 is 0 Å². The first-order valence-electron chi connectivity index (χ1n) is 5.92. The molecule has 2 nitrogen and oxygen atoms in total. The minimum absolute atomic E-state index is 0.615. The Labute approximate surface area is 95.9 Å². The van der Waals surface area contributed by atoms with Crippen molar-refractivity contribution in [3.05, 3.63) is 15.6 Å². The minimum Gasteiger partial charge on any atom is -0.330 e. The molecule has 1 fully saturated rings. The van der Waals surface area contributed by atoms with Gasteiger partial charge in [0.25, 0.3) is 0 Å². The van der Waals surface area contributed by atoms with Crippen LogP contribution in [-0.2, 0) is 6.42 Å². The second-order valence-corrected chi connectivity index (χ2v) is 5.79. The van der Waals surface area contributed by atoms with Crippen LogP contribution in [-0.4, -0.2) is 11.5 Å². The molecular formula is C12H20N2S. The molecule has 2 rings (SSSR count). The molecule has 3 heteroatoms. The molecule has 1 aromatic rings. The van der Waals surface area contributed by atoms with Gasteiger partial charge in [0.1, 0.15) is 0 Å². The number of aromatic nitrogens is 1. The highest BCUT2D eigenvalue weighted by molar-refractivity contribution is 7.11. The molecule has 0 amide bonds. The zero-order valence-electron chi connectivity index (χ0n) is 9.62. The summed E-state index contributed by atoms with van der Waals surface area (Å²) in [5, 5.41) is 1.24. The van der Waals surface area contributed by atoms with Crippen LogP contribution in [0.25, 0.3) is 0 Å². The van der Waals surface area contributed by atoms with Crippen molar-refractivity contribution in [3.8, 4) is 0 Å². The predicted octanol–water partition coefficient (Wildman–Crippen LogP) is 3.04. The van der Waals surface area contributed by atoms with E-state index < -0.39 is 0 Å². The molecule has 1 saturated carbocycles. The lowest BCUT2D eigenvalue weighted by Crippen LogP contribution is -2.11. The van der Waals surface area contributed by atoms with Gasteiger partial charge in [0.2, 0.25) is 0 Å². The van der Waals surface area contributed by atoms with Crippen molar-refractivity contribution in [1.29, 1.82) is 0 Å². The number of hydrogen-bond donors (Lipinski definition) is 1. The van der Waals surface area contributed by atoms with Crippen LogP contribution in [0, 0.1) is 0 Å². The van der Waals surface area contributed by atoms with E-state index in [4.69, 9.17) is 10.7 Å². The van der Waals surface area contributed by atoms with Crippen molar-refractivity contribution in [2.24, 2.45) is 5.73 Å². The first-order valence-corrected chi connectivity index (χ1v) is 6.73. The van der Waals surface area contributed by atoms with Crippen LogP contribution >= 0.6 is 11.3 Å².